The Balaban J connectivity index is 2.13. The molecule has 1 aliphatic heterocycles. The van der Waals surface area contributed by atoms with Gasteiger partial charge in [-0.2, -0.15) is 10.6 Å². The second-order valence-corrected chi connectivity index (χ2v) is 10.6. The lowest BCUT2D eigenvalue weighted by atomic mass is 10.0. The van der Waals surface area contributed by atoms with Crippen LogP contribution >= 0.6 is 22.4 Å². The first-order chi connectivity index (χ1) is 15.2. The van der Waals surface area contributed by atoms with Crippen molar-refractivity contribution >= 4 is 39.7 Å². The lowest BCUT2D eigenvalue weighted by Crippen LogP contribution is -2.25. The van der Waals surface area contributed by atoms with E-state index in [1.54, 1.807) is 18.2 Å². The minimum Gasteiger partial charge on any atom is -0.478 e. The van der Waals surface area contributed by atoms with E-state index in [9.17, 15) is 18.3 Å². The number of halogens is 1. The fraction of sp³-hybridized carbons (Fsp3) is 0.348. The lowest BCUT2D eigenvalue weighted by Gasteiger charge is -2.34. The van der Waals surface area contributed by atoms with Crippen LogP contribution in [-0.4, -0.2) is 38.7 Å². The van der Waals surface area contributed by atoms with Crippen molar-refractivity contribution in [2.45, 2.75) is 36.0 Å². The number of hydrogen-bond donors (Lipinski definition) is 3. The van der Waals surface area contributed by atoms with Gasteiger partial charge in [-0.3, -0.25) is 9.11 Å². The highest BCUT2D eigenvalue weighted by Crippen LogP contribution is 2.59. The number of carboxylic acids is 1. The molecular weight excluding hydrogens is 453 g/mol. The number of aliphatic carboxylic acids is 1. The maximum atomic E-state index is 13.6. The van der Waals surface area contributed by atoms with Crippen molar-refractivity contribution in [2.24, 2.45) is 5.92 Å². The fourth-order valence-electron chi connectivity index (χ4n) is 3.78. The molecule has 0 bridgehead atoms. The van der Waals surface area contributed by atoms with Crippen LogP contribution in [0.1, 0.15) is 26.2 Å². The third-order valence-corrected chi connectivity index (χ3v) is 8.03. The van der Waals surface area contributed by atoms with Gasteiger partial charge in [0.1, 0.15) is 11.6 Å². The number of carbonyl (C=O) groups is 1. The first-order valence-electron chi connectivity index (χ1n) is 10.3. The van der Waals surface area contributed by atoms with E-state index in [2.05, 4.69) is 6.92 Å². The molecule has 0 saturated heterocycles. The van der Waals surface area contributed by atoms with Gasteiger partial charge in [0.25, 0.3) is 0 Å². The van der Waals surface area contributed by atoms with Crippen LogP contribution in [-0.2, 0) is 4.79 Å². The monoisotopic (exact) mass is 481 g/mol. The third kappa shape index (κ3) is 5.78. The van der Waals surface area contributed by atoms with Crippen molar-refractivity contribution in [3.8, 4) is 5.75 Å². The summed E-state index contributed by atoms with van der Waals surface area (Å²) in [5, 5.41) is 8.83. The van der Waals surface area contributed by atoms with Crippen LogP contribution in [0.4, 0.5) is 15.8 Å². The largest absolute Gasteiger partial charge is 0.478 e. The van der Waals surface area contributed by atoms with Gasteiger partial charge >= 0.3 is 5.97 Å². The first-order valence-corrected chi connectivity index (χ1v) is 13.3. The van der Waals surface area contributed by atoms with Crippen LogP contribution < -0.4 is 9.64 Å². The van der Waals surface area contributed by atoms with Gasteiger partial charge in [0.2, 0.25) is 0 Å². The number of unbranched alkanes of at least 4 members (excludes halogenated alkanes) is 1. The molecule has 0 spiro atoms. The average molecular weight is 482 g/mol. The van der Waals surface area contributed by atoms with Gasteiger partial charge in [0.15, 0.2) is 0 Å². The molecule has 1 heterocycles. The molecule has 6 nitrogen and oxygen atoms in total. The molecule has 0 aromatic heterocycles. The molecule has 32 heavy (non-hydrogen) atoms. The number of benzene rings is 2. The number of ether oxygens (including phenoxy) is 1. The minimum absolute atomic E-state index is 0.0337. The fourth-order valence-corrected chi connectivity index (χ4v) is 6.23. The van der Waals surface area contributed by atoms with Crippen molar-refractivity contribution in [1.82, 2.24) is 0 Å². The van der Waals surface area contributed by atoms with Crippen LogP contribution in [0, 0.1) is 11.7 Å². The van der Waals surface area contributed by atoms with Crippen molar-refractivity contribution in [1.29, 1.82) is 0 Å². The molecule has 174 valence electrons. The van der Waals surface area contributed by atoms with E-state index in [-0.39, 0.29) is 17.5 Å². The van der Waals surface area contributed by atoms with E-state index >= 15 is 0 Å². The predicted octanol–water partition coefficient (Wildman–Crippen LogP) is 6.59. The Morgan fingerprint density at radius 3 is 2.66 bits per heavy atom. The van der Waals surface area contributed by atoms with E-state index in [1.807, 2.05) is 17.2 Å². The zero-order chi connectivity index (χ0) is 23.3. The van der Waals surface area contributed by atoms with E-state index in [0.717, 1.165) is 37.3 Å². The van der Waals surface area contributed by atoms with E-state index in [1.165, 1.54) is 23.9 Å². The number of carboxylic acid groups (broad SMARTS) is 1. The quantitative estimate of drug-likeness (QED) is 0.222. The van der Waals surface area contributed by atoms with E-state index in [0.29, 0.717) is 27.8 Å². The summed E-state index contributed by atoms with van der Waals surface area (Å²) in [5.41, 5.74) is 1.40. The number of thioether (sulfide) groups is 1. The van der Waals surface area contributed by atoms with E-state index < -0.39 is 16.6 Å². The summed E-state index contributed by atoms with van der Waals surface area (Å²) in [6.45, 7) is 2.67. The average Bonchev–Trinajstić information content (AvgIpc) is 2.85. The van der Waals surface area contributed by atoms with Crippen molar-refractivity contribution in [2.75, 3.05) is 23.5 Å². The summed E-state index contributed by atoms with van der Waals surface area (Å²) in [6, 6.07) is 9.56. The smallest absolute Gasteiger partial charge is 0.331 e. The molecule has 3 rings (SSSR count). The summed E-state index contributed by atoms with van der Waals surface area (Å²) in [4.78, 5) is 13.9. The molecule has 1 atom stereocenters. The Kier molecular flexibility index (Phi) is 8.10. The van der Waals surface area contributed by atoms with Gasteiger partial charge in [0.05, 0.1) is 27.8 Å². The maximum Gasteiger partial charge on any atom is 0.331 e. The normalized spacial score (nSPS) is 18.8. The van der Waals surface area contributed by atoms with Crippen LogP contribution in [0.25, 0.3) is 0 Å². The van der Waals surface area contributed by atoms with Gasteiger partial charge < -0.3 is 14.7 Å². The number of fused-ring (bicyclic) bond motifs is 1. The van der Waals surface area contributed by atoms with Gasteiger partial charge in [-0.25, -0.2) is 9.18 Å². The Labute approximate surface area is 193 Å². The van der Waals surface area contributed by atoms with Crippen molar-refractivity contribution in [3.05, 3.63) is 54.6 Å². The molecule has 0 fully saturated rings. The van der Waals surface area contributed by atoms with Gasteiger partial charge in [0, 0.05) is 24.1 Å². The predicted molar refractivity (Wildman–Crippen MR) is 128 cm³/mol. The standard InChI is InChI=1S/C23H28FNO5S2/c1-3-4-5-16-14-25(18-8-6-17(24)7-9-18)19-12-21(31-2)20(30-11-10-23(26)27)13-22(19)32(28,29)15-16/h6-13,16,28-29H,3-5,14-15H2,1-2H3,(H,26,27)/b11-10+. The number of nitrogens with zero attached hydrogens (tertiary/aromatic N) is 1. The third-order valence-electron chi connectivity index (χ3n) is 5.31. The van der Waals surface area contributed by atoms with Gasteiger partial charge in [-0.05, 0) is 48.9 Å². The van der Waals surface area contributed by atoms with Crippen LogP contribution in [0.2, 0.25) is 0 Å². The number of anilines is 2. The minimum atomic E-state index is -3.14. The van der Waals surface area contributed by atoms with Gasteiger partial charge in [-0.15, -0.1) is 11.8 Å². The van der Waals surface area contributed by atoms with Crippen LogP contribution in [0.5, 0.6) is 5.75 Å². The summed E-state index contributed by atoms with van der Waals surface area (Å²) in [5.74, 6) is -0.877. The Hall–Kier alpha value is -2.20. The Bertz CT molecular complexity index is 981. The summed E-state index contributed by atoms with van der Waals surface area (Å²) in [6.07, 6.45) is 6.62. The van der Waals surface area contributed by atoms with Crippen LogP contribution in [0.3, 0.4) is 0 Å². The van der Waals surface area contributed by atoms with E-state index in [4.69, 9.17) is 9.84 Å². The van der Waals surface area contributed by atoms with Crippen LogP contribution in [0.15, 0.2) is 58.5 Å². The second kappa shape index (κ2) is 10.6. The molecule has 0 radical (unpaired) electrons. The molecule has 1 unspecified atom stereocenters. The molecule has 0 amide bonds. The molecule has 3 N–H and O–H groups in total. The number of rotatable bonds is 8. The molecule has 0 aliphatic carbocycles. The maximum absolute atomic E-state index is 13.6. The molecule has 2 aromatic rings. The molecule has 0 saturated carbocycles. The topological polar surface area (TPSA) is 90.2 Å². The lowest BCUT2D eigenvalue weighted by molar-refractivity contribution is -0.131. The van der Waals surface area contributed by atoms with Crippen molar-refractivity contribution in [3.63, 3.8) is 0 Å². The molecular formula is C23H28FNO5S2. The molecule has 1 aliphatic rings. The Morgan fingerprint density at radius 1 is 1.31 bits per heavy atom. The SMILES string of the molecule is CCCCC1CN(c2ccc(F)cc2)c2cc(SC)c(O/C=C/C(=O)O)cc2S(O)(O)C1. The highest BCUT2D eigenvalue weighted by Gasteiger charge is 2.33. The van der Waals surface area contributed by atoms with Crippen molar-refractivity contribution < 1.29 is 28.1 Å². The zero-order valence-electron chi connectivity index (χ0n) is 18.0. The molecule has 9 heteroatoms. The molecule has 2 aromatic carbocycles. The second-order valence-electron chi connectivity index (χ2n) is 7.66. The zero-order valence-corrected chi connectivity index (χ0v) is 19.7. The number of hydrogen-bond acceptors (Lipinski definition) is 6. The highest BCUT2D eigenvalue weighted by molar-refractivity contribution is 8.24. The highest BCUT2D eigenvalue weighted by atomic mass is 32.3. The summed E-state index contributed by atoms with van der Waals surface area (Å²) < 4.78 is 41.4. The summed E-state index contributed by atoms with van der Waals surface area (Å²) >= 11 is 1.40. The Morgan fingerprint density at radius 2 is 2.03 bits per heavy atom. The van der Waals surface area contributed by atoms with Gasteiger partial charge in [-0.1, -0.05) is 19.8 Å². The summed E-state index contributed by atoms with van der Waals surface area (Å²) in [7, 11) is -3.14. The first kappa shape index (κ1) is 24.4.